The Kier molecular flexibility index (Phi) is 10.8. The van der Waals surface area contributed by atoms with Gasteiger partial charge in [0.25, 0.3) is 0 Å². The second-order valence-corrected chi connectivity index (χ2v) is 13.5. The first-order chi connectivity index (χ1) is 19.6. The molecule has 4 rings (SSSR count). The largest absolute Gasteiger partial charge is 0.382 e. The van der Waals surface area contributed by atoms with Crippen LogP contribution in [0.5, 0.6) is 0 Å². The molecule has 1 aromatic heterocycles. The van der Waals surface area contributed by atoms with Crippen LogP contribution in [-0.2, 0) is 16.4 Å². The van der Waals surface area contributed by atoms with E-state index in [0.29, 0.717) is 66.0 Å². The van der Waals surface area contributed by atoms with E-state index < -0.39 is 10.0 Å². The van der Waals surface area contributed by atoms with Crippen molar-refractivity contribution >= 4 is 27.3 Å². The molecule has 4 N–H and O–H groups in total. The molecular weight excluding hydrogens is 561 g/mol. The standard InChI is InChI=1S/C31H41ClFN5O2S/c1-21(2)31(23-12-14-24(32)15-13-23)29(34)19-37-30-20-36-18-28(33)27(30)11-7-8-25-17-35-16-22(3)38(25)41(39,40)26-9-5-4-6-10-26/h4-6,9-10,12-15,18,20-22,25,29,31,35,37H,7-8,11,16-17,19,34H2,1-3H3/t22-,25-,29+,31+/m0/s1. The average Bonchev–Trinajstić information content (AvgIpc) is 2.94. The van der Waals surface area contributed by atoms with Gasteiger partial charge in [-0.05, 0) is 61.9 Å². The zero-order valence-corrected chi connectivity index (χ0v) is 25.5. The molecule has 3 aromatic rings. The zero-order valence-electron chi connectivity index (χ0n) is 23.9. The van der Waals surface area contributed by atoms with E-state index in [1.807, 2.05) is 31.2 Å². The summed E-state index contributed by atoms with van der Waals surface area (Å²) < 4.78 is 43.7. The van der Waals surface area contributed by atoms with Crippen molar-refractivity contribution in [3.05, 3.63) is 89.0 Å². The highest BCUT2D eigenvalue weighted by molar-refractivity contribution is 7.89. The normalized spacial score (nSPS) is 19.7. The summed E-state index contributed by atoms with van der Waals surface area (Å²) in [5, 5.41) is 7.38. The Morgan fingerprint density at radius 3 is 2.51 bits per heavy atom. The molecule has 0 aliphatic carbocycles. The number of nitrogens with zero attached hydrogens (tertiary/aromatic N) is 2. The Morgan fingerprint density at radius 1 is 1.12 bits per heavy atom. The monoisotopic (exact) mass is 601 g/mol. The number of sulfonamides is 1. The molecule has 2 heterocycles. The van der Waals surface area contributed by atoms with Crippen LogP contribution < -0.4 is 16.4 Å². The van der Waals surface area contributed by atoms with Crippen molar-refractivity contribution in [1.29, 1.82) is 0 Å². The van der Waals surface area contributed by atoms with Crippen LogP contribution in [0, 0.1) is 11.7 Å². The number of hydrogen-bond acceptors (Lipinski definition) is 6. The maximum atomic E-state index is 15.0. The molecule has 0 radical (unpaired) electrons. The topological polar surface area (TPSA) is 100 Å². The zero-order chi connectivity index (χ0) is 29.6. The molecule has 1 aliphatic heterocycles. The number of anilines is 1. The molecule has 2 aromatic carbocycles. The molecule has 41 heavy (non-hydrogen) atoms. The van der Waals surface area contributed by atoms with Crippen molar-refractivity contribution in [3.8, 4) is 0 Å². The van der Waals surface area contributed by atoms with Gasteiger partial charge >= 0.3 is 0 Å². The minimum Gasteiger partial charge on any atom is -0.382 e. The average molecular weight is 602 g/mol. The first-order valence-corrected chi connectivity index (χ1v) is 16.1. The lowest BCUT2D eigenvalue weighted by molar-refractivity contribution is 0.196. The van der Waals surface area contributed by atoms with Crippen molar-refractivity contribution in [1.82, 2.24) is 14.6 Å². The van der Waals surface area contributed by atoms with Crippen LogP contribution in [0.15, 0.2) is 71.9 Å². The fraction of sp³-hybridized carbons (Fsp3) is 0.452. The lowest BCUT2D eigenvalue weighted by Crippen LogP contribution is -2.58. The van der Waals surface area contributed by atoms with Crippen molar-refractivity contribution in [2.45, 2.75) is 69.0 Å². The molecule has 0 amide bonds. The van der Waals surface area contributed by atoms with Crippen LogP contribution in [0.2, 0.25) is 5.02 Å². The Hall–Kier alpha value is -2.56. The quantitative estimate of drug-likeness (QED) is 0.256. The predicted octanol–water partition coefficient (Wildman–Crippen LogP) is 5.43. The van der Waals surface area contributed by atoms with Crippen LogP contribution in [0.25, 0.3) is 0 Å². The molecule has 0 saturated carbocycles. The number of hydrogen-bond donors (Lipinski definition) is 3. The summed E-state index contributed by atoms with van der Waals surface area (Å²) in [5.41, 5.74) is 8.92. The van der Waals surface area contributed by atoms with Gasteiger partial charge < -0.3 is 16.4 Å². The van der Waals surface area contributed by atoms with E-state index in [2.05, 4.69) is 29.5 Å². The maximum absolute atomic E-state index is 15.0. The van der Waals surface area contributed by atoms with Gasteiger partial charge in [0.15, 0.2) is 0 Å². The van der Waals surface area contributed by atoms with Gasteiger partial charge in [0, 0.05) is 54.3 Å². The highest BCUT2D eigenvalue weighted by Crippen LogP contribution is 2.30. The fourth-order valence-corrected chi connectivity index (χ4v) is 7.92. The second kappa shape index (κ2) is 14.1. The van der Waals surface area contributed by atoms with Crippen molar-refractivity contribution in [3.63, 3.8) is 0 Å². The molecule has 1 aliphatic rings. The summed E-state index contributed by atoms with van der Waals surface area (Å²) in [6.07, 6.45) is 4.51. The van der Waals surface area contributed by atoms with E-state index in [1.165, 1.54) is 6.20 Å². The number of rotatable bonds is 12. The SMILES string of the molecule is CC(C)[C@H](c1ccc(Cl)cc1)[C@H](N)CNc1cncc(F)c1CCC[C@H]1CNC[C@H](C)N1S(=O)(=O)c1ccccc1. The summed E-state index contributed by atoms with van der Waals surface area (Å²) in [5.74, 6) is -0.00617. The Bertz CT molecular complexity index is 1380. The van der Waals surface area contributed by atoms with Gasteiger partial charge in [-0.1, -0.05) is 55.8 Å². The number of nitrogens with one attached hydrogen (secondary N) is 2. The molecule has 1 fully saturated rings. The lowest BCUT2D eigenvalue weighted by Gasteiger charge is -2.40. The van der Waals surface area contributed by atoms with Crippen molar-refractivity contribution < 1.29 is 12.8 Å². The summed E-state index contributed by atoms with van der Waals surface area (Å²) in [6.45, 7) is 7.77. The molecular formula is C31H41ClFN5O2S. The molecule has 0 spiro atoms. The number of benzene rings is 2. The number of piperazine rings is 1. The van der Waals surface area contributed by atoms with E-state index in [1.54, 1.807) is 40.8 Å². The van der Waals surface area contributed by atoms with Crippen molar-refractivity contribution in [2.24, 2.45) is 11.7 Å². The number of nitrogens with two attached hydrogens (primary N) is 1. The number of pyridine rings is 1. The lowest BCUT2D eigenvalue weighted by atomic mass is 9.82. The summed E-state index contributed by atoms with van der Waals surface area (Å²) in [7, 11) is -3.65. The third-order valence-electron chi connectivity index (χ3n) is 7.86. The van der Waals surface area contributed by atoms with Gasteiger partial charge in [0.2, 0.25) is 10.0 Å². The van der Waals surface area contributed by atoms with Gasteiger partial charge in [-0.15, -0.1) is 0 Å². The van der Waals surface area contributed by atoms with Gasteiger partial charge in [-0.3, -0.25) is 4.98 Å². The van der Waals surface area contributed by atoms with E-state index in [-0.39, 0.29) is 29.9 Å². The van der Waals surface area contributed by atoms with E-state index in [4.69, 9.17) is 17.3 Å². The van der Waals surface area contributed by atoms with Crippen LogP contribution >= 0.6 is 11.6 Å². The number of aromatic nitrogens is 1. The van der Waals surface area contributed by atoms with Crippen LogP contribution in [-0.4, -0.2) is 55.5 Å². The van der Waals surface area contributed by atoms with Crippen LogP contribution in [0.1, 0.15) is 50.7 Å². The molecule has 1 saturated heterocycles. The molecule has 0 unspecified atom stereocenters. The fourth-order valence-electron chi connectivity index (χ4n) is 5.92. The van der Waals surface area contributed by atoms with E-state index in [0.717, 1.165) is 5.56 Å². The highest BCUT2D eigenvalue weighted by Gasteiger charge is 2.37. The Morgan fingerprint density at radius 2 is 1.83 bits per heavy atom. The third-order valence-corrected chi connectivity index (χ3v) is 10.2. The Balaban J connectivity index is 1.43. The first-order valence-electron chi connectivity index (χ1n) is 14.3. The summed E-state index contributed by atoms with van der Waals surface area (Å²) in [4.78, 5) is 4.36. The minimum absolute atomic E-state index is 0.0862. The minimum atomic E-state index is -3.65. The van der Waals surface area contributed by atoms with Crippen LogP contribution in [0.3, 0.4) is 0 Å². The molecule has 4 atom stereocenters. The van der Waals surface area contributed by atoms with Gasteiger partial charge in [0.1, 0.15) is 5.82 Å². The summed E-state index contributed by atoms with van der Waals surface area (Å²) in [6, 6.07) is 15.6. The second-order valence-electron chi connectivity index (χ2n) is 11.2. The predicted molar refractivity (Wildman–Crippen MR) is 164 cm³/mol. The Labute approximate surface area is 248 Å². The highest BCUT2D eigenvalue weighted by atomic mass is 35.5. The number of halogens is 2. The van der Waals surface area contributed by atoms with E-state index >= 15 is 4.39 Å². The molecule has 0 bridgehead atoms. The van der Waals surface area contributed by atoms with Crippen LogP contribution in [0.4, 0.5) is 10.1 Å². The molecule has 7 nitrogen and oxygen atoms in total. The third kappa shape index (κ3) is 7.64. The van der Waals surface area contributed by atoms with Gasteiger partial charge in [-0.2, -0.15) is 4.31 Å². The van der Waals surface area contributed by atoms with E-state index in [9.17, 15) is 8.42 Å². The first kappa shape index (κ1) is 31.4. The van der Waals surface area contributed by atoms with Gasteiger partial charge in [0.05, 0.1) is 23.0 Å². The van der Waals surface area contributed by atoms with Gasteiger partial charge in [-0.25, -0.2) is 12.8 Å². The molecule has 10 heteroatoms. The molecule has 222 valence electrons. The maximum Gasteiger partial charge on any atom is 0.243 e. The van der Waals surface area contributed by atoms with Crippen molar-refractivity contribution in [2.75, 3.05) is 25.0 Å². The summed E-state index contributed by atoms with van der Waals surface area (Å²) >= 11 is 6.08. The smallest absolute Gasteiger partial charge is 0.243 e.